The molecule has 1 atom stereocenters. The minimum absolute atomic E-state index is 0.352. The second kappa shape index (κ2) is 16.6. The van der Waals surface area contributed by atoms with Crippen LogP contribution < -0.4 is 0 Å². The van der Waals surface area contributed by atoms with Gasteiger partial charge in [-0.25, -0.2) is 4.99 Å². The molecular formula is C32H46BF2N3O3. The maximum absolute atomic E-state index is 14.0. The third-order valence-corrected chi connectivity index (χ3v) is 7.42. The fourth-order valence-corrected chi connectivity index (χ4v) is 5.30. The van der Waals surface area contributed by atoms with Crippen molar-refractivity contribution < 1.29 is 22.8 Å². The third-order valence-electron chi connectivity index (χ3n) is 7.42. The SMILES string of the molecule is CCCCCCC(CCCC)COC1=CC(c2cc(COC)nc(COC)c2)=N/C1=C\c1c(C)cc(C)n1B(F)F. The highest BCUT2D eigenvalue weighted by Gasteiger charge is 2.26. The van der Waals surface area contributed by atoms with Crippen molar-refractivity contribution in [2.45, 2.75) is 92.3 Å². The zero-order valence-corrected chi connectivity index (χ0v) is 25.6. The van der Waals surface area contributed by atoms with E-state index in [-0.39, 0.29) is 0 Å². The Morgan fingerprint density at radius 3 is 2.20 bits per heavy atom. The van der Waals surface area contributed by atoms with Crippen LogP contribution in [0, 0.1) is 19.8 Å². The van der Waals surface area contributed by atoms with Crippen LogP contribution in [-0.4, -0.2) is 43.4 Å². The Balaban J connectivity index is 1.99. The number of aromatic nitrogens is 2. The summed E-state index contributed by atoms with van der Waals surface area (Å²) in [4.78, 5) is 9.51. The van der Waals surface area contributed by atoms with Crippen LogP contribution >= 0.6 is 0 Å². The summed E-state index contributed by atoms with van der Waals surface area (Å²) in [5.74, 6) is 1.04. The van der Waals surface area contributed by atoms with Gasteiger partial charge >= 0.3 is 7.40 Å². The van der Waals surface area contributed by atoms with Crippen LogP contribution in [0.2, 0.25) is 0 Å². The van der Waals surface area contributed by atoms with E-state index in [1.54, 1.807) is 33.3 Å². The molecule has 2 aromatic heterocycles. The van der Waals surface area contributed by atoms with Crippen molar-refractivity contribution in [1.82, 2.24) is 9.46 Å². The molecule has 0 radical (unpaired) electrons. The molecule has 0 N–H and O–H groups in total. The zero-order valence-electron chi connectivity index (χ0n) is 25.6. The fraction of sp³-hybridized carbons (Fsp3) is 0.562. The molecular weight excluding hydrogens is 523 g/mol. The summed E-state index contributed by atoms with van der Waals surface area (Å²) in [7, 11) is 0.608. The number of hydrogen-bond acceptors (Lipinski definition) is 5. The second-order valence-corrected chi connectivity index (χ2v) is 10.9. The summed E-state index contributed by atoms with van der Waals surface area (Å²) in [5.41, 5.74) is 5.32. The number of ether oxygens (including phenoxy) is 3. The lowest BCUT2D eigenvalue weighted by molar-refractivity contribution is 0.158. The Morgan fingerprint density at radius 1 is 0.927 bits per heavy atom. The van der Waals surface area contributed by atoms with Gasteiger partial charge in [0.25, 0.3) is 0 Å². The van der Waals surface area contributed by atoms with Crippen molar-refractivity contribution in [2.75, 3.05) is 20.8 Å². The maximum Gasteiger partial charge on any atom is 0.677 e. The quantitative estimate of drug-likeness (QED) is 0.135. The Kier molecular flexibility index (Phi) is 13.3. The largest absolute Gasteiger partial charge is 0.677 e. The molecule has 0 bridgehead atoms. The minimum atomic E-state index is -2.65. The summed E-state index contributed by atoms with van der Waals surface area (Å²) < 4.78 is 46.2. The van der Waals surface area contributed by atoms with Crippen molar-refractivity contribution in [1.29, 1.82) is 0 Å². The van der Waals surface area contributed by atoms with Gasteiger partial charge in [0, 0.05) is 37.2 Å². The van der Waals surface area contributed by atoms with Gasteiger partial charge in [-0.15, -0.1) is 0 Å². The van der Waals surface area contributed by atoms with E-state index in [4.69, 9.17) is 19.2 Å². The molecule has 9 heteroatoms. The second-order valence-electron chi connectivity index (χ2n) is 10.9. The predicted octanol–water partition coefficient (Wildman–Crippen LogP) is 8.09. The molecule has 0 aliphatic carbocycles. The number of aryl methyl sites for hydroxylation is 2. The van der Waals surface area contributed by atoms with E-state index < -0.39 is 7.40 Å². The maximum atomic E-state index is 14.0. The van der Waals surface area contributed by atoms with Crippen LogP contribution in [0.5, 0.6) is 0 Å². The highest BCUT2D eigenvalue weighted by atomic mass is 19.2. The summed E-state index contributed by atoms with van der Waals surface area (Å²) in [5, 5.41) is 0. The Morgan fingerprint density at radius 2 is 1.59 bits per heavy atom. The number of aliphatic imine (C=N–C) groups is 1. The number of unbranched alkanes of at least 4 members (excludes halogenated alkanes) is 4. The first-order valence-electron chi connectivity index (χ1n) is 14.9. The van der Waals surface area contributed by atoms with E-state index in [1.165, 1.54) is 25.7 Å². The molecule has 1 aliphatic rings. The van der Waals surface area contributed by atoms with Gasteiger partial charge in [-0.3, -0.25) is 13.6 Å². The molecule has 0 saturated carbocycles. The van der Waals surface area contributed by atoms with Gasteiger partial charge in [0.15, 0.2) is 0 Å². The monoisotopic (exact) mass is 569 g/mol. The lowest BCUT2D eigenvalue weighted by Gasteiger charge is -2.18. The van der Waals surface area contributed by atoms with Gasteiger partial charge < -0.3 is 18.7 Å². The van der Waals surface area contributed by atoms with Gasteiger partial charge in [-0.2, -0.15) is 0 Å². The average Bonchev–Trinajstić information content (AvgIpc) is 3.47. The van der Waals surface area contributed by atoms with Crippen LogP contribution in [0.4, 0.5) is 8.63 Å². The van der Waals surface area contributed by atoms with E-state index in [1.807, 2.05) is 25.1 Å². The number of allylic oxidation sites excluding steroid dienone is 1. The van der Waals surface area contributed by atoms with Crippen LogP contribution in [-0.2, 0) is 27.4 Å². The number of rotatable bonds is 18. The van der Waals surface area contributed by atoms with E-state index >= 15 is 0 Å². The number of nitrogens with zero attached hydrogens (tertiary/aromatic N) is 3. The van der Waals surface area contributed by atoms with Crippen LogP contribution in [0.15, 0.2) is 40.7 Å². The molecule has 2 aromatic rings. The third kappa shape index (κ3) is 9.37. The molecule has 3 rings (SSSR count). The summed E-state index contributed by atoms with van der Waals surface area (Å²) in [6, 6.07) is 5.65. The predicted molar refractivity (Wildman–Crippen MR) is 163 cm³/mol. The number of halogens is 2. The highest BCUT2D eigenvalue weighted by Crippen LogP contribution is 2.30. The highest BCUT2D eigenvalue weighted by molar-refractivity contribution is 6.41. The molecule has 6 nitrogen and oxygen atoms in total. The van der Waals surface area contributed by atoms with E-state index in [0.717, 1.165) is 52.7 Å². The van der Waals surface area contributed by atoms with E-state index in [0.29, 0.717) is 54.3 Å². The molecule has 41 heavy (non-hydrogen) atoms. The normalized spacial score (nSPS) is 14.9. The summed E-state index contributed by atoms with van der Waals surface area (Å²) >= 11 is 0. The Hall–Kier alpha value is -2.78. The smallest absolute Gasteiger partial charge is 0.491 e. The first kappa shape index (κ1) is 32.7. The lowest BCUT2D eigenvalue weighted by Crippen LogP contribution is -2.16. The van der Waals surface area contributed by atoms with Gasteiger partial charge in [-0.05, 0) is 62.4 Å². The van der Waals surface area contributed by atoms with E-state index in [9.17, 15) is 8.63 Å². The number of pyridine rings is 1. The van der Waals surface area contributed by atoms with Crippen molar-refractivity contribution >= 4 is 19.2 Å². The van der Waals surface area contributed by atoms with Crippen LogP contribution in [0.1, 0.15) is 99.1 Å². The fourth-order valence-electron chi connectivity index (χ4n) is 5.30. The molecule has 3 heterocycles. The van der Waals surface area contributed by atoms with Crippen molar-refractivity contribution in [2.24, 2.45) is 10.9 Å². The van der Waals surface area contributed by atoms with Crippen LogP contribution in [0.25, 0.3) is 6.08 Å². The standard InChI is InChI=1S/C32H46BF2N3O3/c1-7-9-11-12-14-25(13-10-8-2)20-41-32-19-29(26-16-27(21-39-5)36-28(17-26)22-40-6)37-30(32)18-31-23(3)15-24(4)38(31)33(34)35/h15-19,25H,7-14,20-22H2,1-6H3/b30-18-. The Labute approximate surface area is 245 Å². The number of methoxy groups -OCH3 is 2. The van der Waals surface area contributed by atoms with Gasteiger partial charge in [0.05, 0.1) is 36.9 Å². The van der Waals surface area contributed by atoms with Crippen molar-refractivity contribution in [3.05, 3.63) is 69.6 Å². The van der Waals surface area contributed by atoms with Crippen molar-refractivity contribution in [3.63, 3.8) is 0 Å². The minimum Gasteiger partial charge on any atom is -0.491 e. The zero-order chi connectivity index (χ0) is 29.8. The molecule has 1 aliphatic heterocycles. The number of hydrogen-bond donors (Lipinski definition) is 0. The van der Waals surface area contributed by atoms with Crippen molar-refractivity contribution in [3.8, 4) is 0 Å². The molecule has 0 spiro atoms. The molecule has 224 valence electrons. The summed E-state index contributed by atoms with van der Waals surface area (Å²) in [6.07, 6.45) is 13.1. The van der Waals surface area contributed by atoms with Gasteiger partial charge in [-0.1, -0.05) is 52.4 Å². The topological polar surface area (TPSA) is 57.9 Å². The molecule has 1 unspecified atom stereocenters. The lowest BCUT2D eigenvalue weighted by atomic mass is 9.96. The molecule has 0 aromatic carbocycles. The summed E-state index contributed by atoms with van der Waals surface area (Å²) in [6.45, 7) is 9.25. The van der Waals surface area contributed by atoms with E-state index in [2.05, 4.69) is 18.8 Å². The molecule has 0 saturated heterocycles. The first-order valence-corrected chi connectivity index (χ1v) is 14.9. The Bertz CT molecular complexity index is 1200. The van der Waals surface area contributed by atoms with Gasteiger partial charge in [0.2, 0.25) is 0 Å². The molecule has 0 fully saturated rings. The van der Waals surface area contributed by atoms with Gasteiger partial charge in [0.1, 0.15) is 11.5 Å². The first-order chi connectivity index (χ1) is 19.8. The average molecular weight is 570 g/mol. The van der Waals surface area contributed by atoms with Crippen LogP contribution in [0.3, 0.4) is 0 Å². The molecule has 0 amide bonds.